The highest BCUT2D eigenvalue weighted by Crippen LogP contribution is 2.30. The zero-order valence-corrected chi connectivity index (χ0v) is 11.6. The van der Waals surface area contributed by atoms with E-state index in [9.17, 15) is 0 Å². The van der Waals surface area contributed by atoms with E-state index >= 15 is 0 Å². The lowest BCUT2D eigenvalue weighted by Crippen LogP contribution is -1.81. The van der Waals surface area contributed by atoms with Crippen LogP contribution in [0.4, 0.5) is 0 Å². The number of benzene rings is 2. The summed E-state index contributed by atoms with van der Waals surface area (Å²) in [4.78, 5) is 0. The van der Waals surface area contributed by atoms with Crippen molar-refractivity contribution in [2.45, 2.75) is 0 Å². The summed E-state index contributed by atoms with van der Waals surface area (Å²) in [6.07, 6.45) is 0. The zero-order valence-electron chi connectivity index (χ0n) is 11.6. The van der Waals surface area contributed by atoms with E-state index in [1.54, 1.807) is 0 Å². The van der Waals surface area contributed by atoms with Crippen molar-refractivity contribution < 1.29 is 4.52 Å². The molecule has 0 unspecified atom stereocenters. The van der Waals surface area contributed by atoms with Gasteiger partial charge in [0.2, 0.25) is 0 Å². The lowest BCUT2D eigenvalue weighted by Gasteiger charge is -1.96. The van der Waals surface area contributed by atoms with Gasteiger partial charge in [-0.2, -0.15) is 15.4 Å². The van der Waals surface area contributed by atoms with Crippen LogP contribution >= 0.6 is 0 Å². The molecule has 1 N–H and O–H groups in total. The van der Waals surface area contributed by atoms with Crippen LogP contribution in [0.5, 0.6) is 0 Å². The molecule has 106 valence electrons. The molecule has 0 aliphatic heterocycles. The number of aromatic amines is 1. The molecule has 0 atom stereocenters. The number of hydrogen-bond acceptors (Lipinski definition) is 4. The maximum Gasteiger partial charge on any atom is 0.190 e. The number of nitrogens with zero attached hydrogens (tertiary/aromatic N) is 3. The zero-order chi connectivity index (χ0) is 14.8. The number of hydrogen-bond donors (Lipinski definition) is 1. The standard InChI is InChI=1S/C17H12N4O/c1-3-7-12(8-4-1)14-11-15(22-20-14)17-16(18-21-19-17)13-9-5-2-6-10-13/h1-11H,(H,18,19,21). The lowest BCUT2D eigenvalue weighted by molar-refractivity contribution is 0.433. The second-order valence-electron chi connectivity index (χ2n) is 4.83. The molecule has 0 aliphatic rings. The van der Waals surface area contributed by atoms with E-state index in [0.717, 1.165) is 22.5 Å². The fraction of sp³-hybridized carbons (Fsp3) is 0. The van der Waals surface area contributed by atoms with Gasteiger partial charge in [0.1, 0.15) is 11.4 Å². The lowest BCUT2D eigenvalue weighted by atomic mass is 10.1. The van der Waals surface area contributed by atoms with Gasteiger partial charge >= 0.3 is 0 Å². The monoisotopic (exact) mass is 288 g/mol. The van der Waals surface area contributed by atoms with Gasteiger partial charge in [-0.1, -0.05) is 65.8 Å². The van der Waals surface area contributed by atoms with Crippen molar-refractivity contribution in [2.75, 3.05) is 0 Å². The molecular formula is C17H12N4O. The van der Waals surface area contributed by atoms with Gasteiger partial charge in [-0.05, 0) is 0 Å². The van der Waals surface area contributed by atoms with E-state index in [-0.39, 0.29) is 0 Å². The molecule has 0 saturated carbocycles. The highest BCUT2D eigenvalue weighted by molar-refractivity contribution is 5.76. The molecule has 2 aromatic carbocycles. The van der Waals surface area contributed by atoms with E-state index in [1.807, 2.05) is 66.7 Å². The van der Waals surface area contributed by atoms with Crippen molar-refractivity contribution in [1.29, 1.82) is 0 Å². The summed E-state index contributed by atoms with van der Waals surface area (Å²) >= 11 is 0. The Morgan fingerprint density at radius 1 is 0.727 bits per heavy atom. The maximum absolute atomic E-state index is 5.45. The summed E-state index contributed by atoms with van der Waals surface area (Å²) in [5.74, 6) is 0.589. The number of nitrogens with one attached hydrogen (secondary N) is 1. The Hall–Kier alpha value is -3.21. The first-order valence-corrected chi connectivity index (χ1v) is 6.90. The largest absolute Gasteiger partial charge is 0.354 e. The molecule has 0 radical (unpaired) electrons. The van der Waals surface area contributed by atoms with Crippen molar-refractivity contribution in [3.63, 3.8) is 0 Å². The summed E-state index contributed by atoms with van der Waals surface area (Å²) in [7, 11) is 0. The normalized spacial score (nSPS) is 10.7. The molecule has 0 fully saturated rings. The van der Waals surface area contributed by atoms with Gasteiger partial charge < -0.3 is 4.52 Å². The Balaban J connectivity index is 1.76. The molecule has 5 heteroatoms. The summed E-state index contributed by atoms with van der Waals surface area (Å²) in [6, 6.07) is 21.6. The summed E-state index contributed by atoms with van der Waals surface area (Å²) in [6.45, 7) is 0. The minimum absolute atomic E-state index is 0.589. The van der Waals surface area contributed by atoms with Crippen LogP contribution in [-0.4, -0.2) is 20.6 Å². The van der Waals surface area contributed by atoms with E-state index in [0.29, 0.717) is 11.5 Å². The topological polar surface area (TPSA) is 67.6 Å². The van der Waals surface area contributed by atoms with Crippen LogP contribution in [-0.2, 0) is 0 Å². The highest BCUT2D eigenvalue weighted by atomic mass is 16.5. The van der Waals surface area contributed by atoms with Crippen molar-refractivity contribution in [1.82, 2.24) is 20.6 Å². The molecular weight excluding hydrogens is 276 g/mol. The van der Waals surface area contributed by atoms with Gasteiger partial charge in [0, 0.05) is 17.2 Å². The third-order valence-electron chi connectivity index (χ3n) is 3.41. The quantitative estimate of drug-likeness (QED) is 0.622. The minimum atomic E-state index is 0.589. The predicted molar refractivity (Wildman–Crippen MR) is 82.8 cm³/mol. The van der Waals surface area contributed by atoms with Crippen LogP contribution in [0.2, 0.25) is 0 Å². The van der Waals surface area contributed by atoms with Crippen molar-refractivity contribution >= 4 is 0 Å². The molecule has 0 aliphatic carbocycles. The average Bonchev–Trinajstić information content (AvgIpc) is 3.25. The first kappa shape index (κ1) is 12.5. The smallest absolute Gasteiger partial charge is 0.190 e. The molecule has 4 aromatic rings. The second kappa shape index (κ2) is 5.29. The van der Waals surface area contributed by atoms with Crippen LogP contribution in [0.3, 0.4) is 0 Å². The summed E-state index contributed by atoms with van der Waals surface area (Å²) in [5.41, 5.74) is 4.15. The predicted octanol–water partition coefficient (Wildman–Crippen LogP) is 3.79. The summed E-state index contributed by atoms with van der Waals surface area (Å²) in [5, 5.41) is 15.2. The SMILES string of the molecule is c1ccc(-c2cc(-c3n[nH]nc3-c3ccccc3)on2)cc1. The average molecular weight is 288 g/mol. The van der Waals surface area contributed by atoms with Crippen LogP contribution < -0.4 is 0 Å². The van der Waals surface area contributed by atoms with Crippen molar-refractivity contribution in [3.05, 3.63) is 66.7 Å². The first-order valence-electron chi connectivity index (χ1n) is 6.90. The van der Waals surface area contributed by atoms with Gasteiger partial charge in [0.15, 0.2) is 11.5 Å². The number of H-pyrrole nitrogens is 1. The third-order valence-corrected chi connectivity index (χ3v) is 3.41. The molecule has 4 rings (SSSR count). The minimum Gasteiger partial charge on any atom is -0.354 e. The second-order valence-corrected chi connectivity index (χ2v) is 4.83. The van der Waals surface area contributed by atoms with Gasteiger partial charge in [0.05, 0.1) is 0 Å². The van der Waals surface area contributed by atoms with E-state index in [2.05, 4.69) is 20.6 Å². The van der Waals surface area contributed by atoms with Crippen molar-refractivity contribution in [2.24, 2.45) is 0 Å². The van der Waals surface area contributed by atoms with Crippen LogP contribution in [0, 0.1) is 0 Å². The van der Waals surface area contributed by atoms with E-state index in [1.165, 1.54) is 0 Å². The Labute approximate surface area is 126 Å². The molecule has 2 heterocycles. The molecule has 2 aromatic heterocycles. The van der Waals surface area contributed by atoms with E-state index < -0.39 is 0 Å². The fourth-order valence-corrected chi connectivity index (χ4v) is 2.33. The Morgan fingerprint density at radius 2 is 1.36 bits per heavy atom. The molecule has 0 saturated heterocycles. The fourth-order valence-electron chi connectivity index (χ4n) is 2.33. The van der Waals surface area contributed by atoms with Crippen LogP contribution in [0.25, 0.3) is 34.0 Å². The van der Waals surface area contributed by atoms with Gasteiger partial charge in [-0.15, -0.1) is 0 Å². The van der Waals surface area contributed by atoms with Crippen molar-refractivity contribution in [3.8, 4) is 34.0 Å². The molecule has 5 nitrogen and oxygen atoms in total. The maximum atomic E-state index is 5.45. The van der Waals surface area contributed by atoms with E-state index in [4.69, 9.17) is 4.52 Å². The number of aromatic nitrogens is 4. The summed E-state index contributed by atoms with van der Waals surface area (Å²) < 4.78 is 5.45. The Kier molecular flexibility index (Phi) is 3.01. The van der Waals surface area contributed by atoms with Gasteiger partial charge in [0.25, 0.3) is 0 Å². The molecule has 0 spiro atoms. The van der Waals surface area contributed by atoms with Crippen LogP contribution in [0.15, 0.2) is 71.3 Å². The highest BCUT2D eigenvalue weighted by Gasteiger charge is 2.17. The Bertz CT molecular complexity index is 881. The van der Waals surface area contributed by atoms with Gasteiger partial charge in [-0.25, -0.2) is 0 Å². The van der Waals surface area contributed by atoms with Crippen LogP contribution in [0.1, 0.15) is 0 Å². The molecule has 0 amide bonds. The Morgan fingerprint density at radius 3 is 2.09 bits per heavy atom. The molecule has 0 bridgehead atoms. The third kappa shape index (κ3) is 2.18. The van der Waals surface area contributed by atoms with Gasteiger partial charge in [-0.3, -0.25) is 0 Å². The number of rotatable bonds is 3. The first-order chi connectivity index (χ1) is 10.9. The molecule has 22 heavy (non-hydrogen) atoms.